The van der Waals surface area contributed by atoms with Crippen LogP contribution in [0.15, 0.2) is 45.9 Å². The van der Waals surface area contributed by atoms with Crippen LogP contribution in [0.1, 0.15) is 23.8 Å². The molecule has 0 aliphatic carbocycles. The van der Waals surface area contributed by atoms with Crippen LogP contribution in [0.5, 0.6) is 0 Å². The molecule has 2 aromatic rings. The van der Waals surface area contributed by atoms with Gasteiger partial charge in [0.05, 0.1) is 11.2 Å². The minimum atomic E-state index is -3.65. The van der Waals surface area contributed by atoms with Crippen molar-refractivity contribution >= 4 is 21.6 Å². The van der Waals surface area contributed by atoms with Gasteiger partial charge in [0.1, 0.15) is 11.9 Å². The molecule has 0 unspecified atom stereocenters. The van der Waals surface area contributed by atoms with E-state index < -0.39 is 16.1 Å². The van der Waals surface area contributed by atoms with Crippen LogP contribution in [0, 0.1) is 6.92 Å². The lowest BCUT2D eigenvalue weighted by atomic mass is 10.2. The van der Waals surface area contributed by atoms with Gasteiger partial charge in [-0.1, -0.05) is 17.7 Å². The molecule has 0 spiro atoms. The molecule has 0 saturated heterocycles. The van der Waals surface area contributed by atoms with E-state index in [1.807, 2.05) is 0 Å². The van der Waals surface area contributed by atoms with Crippen molar-refractivity contribution in [2.24, 2.45) is 0 Å². The molecular formula is C14H16ClNO4S. The summed E-state index contributed by atoms with van der Waals surface area (Å²) in [4.78, 5) is 0.141. The number of hydrogen-bond donors (Lipinski definition) is 2. The first-order chi connectivity index (χ1) is 9.92. The van der Waals surface area contributed by atoms with Crippen molar-refractivity contribution in [2.45, 2.75) is 24.3 Å². The fourth-order valence-corrected chi connectivity index (χ4v) is 3.45. The Labute approximate surface area is 128 Å². The second-order valence-electron chi connectivity index (χ2n) is 4.58. The molecule has 0 aliphatic heterocycles. The normalized spacial score (nSPS) is 13.3. The van der Waals surface area contributed by atoms with Gasteiger partial charge in [0.2, 0.25) is 10.0 Å². The molecule has 0 aliphatic rings. The maximum Gasteiger partial charge on any atom is 0.240 e. The predicted octanol–water partition coefficient (Wildman–Crippen LogP) is 2.64. The molecule has 0 radical (unpaired) electrons. The first-order valence-corrected chi connectivity index (χ1v) is 8.24. The summed E-state index contributed by atoms with van der Waals surface area (Å²) in [5.74, 6) is 0.410. The van der Waals surface area contributed by atoms with Crippen molar-refractivity contribution in [1.82, 2.24) is 4.72 Å². The number of halogens is 1. The minimum Gasteiger partial charge on any atom is -0.467 e. The van der Waals surface area contributed by atoms with Gasteiger partial charge in [-0.3, -0.25) is 0 Å². The number of aliphatic hydroxyl groups is 1. The molecular weight excluding hydrogens is 314 g/mol. The summed E-state index contributed by atoms with van der Waals surface area (Å²) in [6.45, 7) is 1.74. The van der Waals surface area contributed by atoms with Gasteiger partial charge in [0.25, 0.3) is 0 Å². The Morgan fingerprint density at radius 1 is 1.33 bits per heavy atom. The maximum atomic E-state index is 12.2. The zero-order valence-corrected chi connectivity index (χ0v) is 13.0. The van der Waals surface area contributed by atoms with Crippen LogP contribution < -0.4 is 4.72 Å². The summed E-state index contributed by atoms with van der Waals surface area (Å²) >= 11 is 5.93. The van der Waals surface area contributed by atoms with Crippen molar-refractivity contribution in [3.8, 4) is 0 Å². The third-order valence-electron chi connectivity index (χ3n) is 3.09. The fraction of sp³-hybridized carbons (Fsp3) is 0.286. The quantitative estimate of drug-likeness (QED) is 0.853. The molecule has 2 N–H and O–H groups in total. The van der Waals surface area contributed by atoms with Gasteiger partial charge >= 0.3 is 0 Å². The van der Waals surface area contributed by atoms with E-state index in [0.717, 1.165) is 0 Å². The molecule has 0 amide bonds. The van der Waals surface area contributed by atoms with E-state index in [1.54, 1.807) is 31.2 Å². The van der Waals surface area contributed by atoms with Gasteiger partial charge in [-0.15, -0.1) is 0 Å². The molecule has 1 heterocycles. The Balaban J connectivity index is 2.00. The van der Waals surface area contributed by atoms with Crippen LogP contribution in [-0.2, 0) is 10.0 Å². The highest BCUT2D eigenvalue weighted by molar-refractivity contribution is 7.89. The van der Waals surface area contributed by atoms with E-state index in [-0.39, 0.29) is 17.9 Å². The van der Waals surface area contributed by atoms with Crippen molar-refractivity contribution in [1.29, 1.82) is 0 Å². The molecule has 21 heavy (non-hydrogen) atoms. The van der Waals surface area contributed by atoms with E-state index in [0.29, 0.717) is 16.3 Å². The number of rotatable bonds is 6. The number of hydrogen-bond acceptors (Lipinski definition) is 4. The van der Waals surface area contributed by atoms with Gasteiger partial charge < -0.3 is 9.52 Å². The highest BCUT2D eigenvalue weighted by Gasteiger charge is 2.18. The van der Waals surface area contributed by atoms with Crippen LogP contribution in [0.25, 0.3) is 0 Å². The summed E-state index contributed by atoms with van der Waals surface area (Å²) in [5, 5.41) is 10.2. The van der Waals surface area contributed by atoms with Gasteiger partial charge in [-0.2, -0.15) is 0 Å². The zero-order valence-electron chi connectivity index (χ0n) is 11.4. The monoisotopic (exact) mass is 329 g/mol. The van der Waals surface area contributed by atoms with E-state index in [2.05, 4.69) is 4.72 Å². The first-order valence-electron chi connectivity index (χ1n) is 6.38. The van der Waals surface area contributed by atoms with Gasteiger partial charge in [-0.05, 0) is 43.2 Å². The number of benzene rings is 1. The van der Waals surface area contributed by atoms with Crippen molar-refractivity contribution < 1.29 is 17.9 Å². The van der Waals surface area contributed by atoms with Crippen molar-refractivity contribution in [2.75, 3.05) is 6.54 Å². The third-order valence-corrected chi connectivity index (χ3v) is 5.10. The highest BCUT2D eigenvalue weighted by atomic mass is 35.5. The second kappa shape index (κ2) is 6.62. The van der Waals surface area contributed by atoms with Crippen LogP contribution in [0.3, 0.4) is 0 Å². The number of aliphatic hydroxyl groups excluding tert-OH is 1. The molecule has 5 nitrogen and oxygen atoms in total. The molecule has 7 heteroatoms. The van der Waals surface area contributed by atoms with Crippen molar-refractivity contribution in [3.05, 3.63) is 52.9 Å². The number of sulfonamides is 1. The van der Waals surface area contributed by atoms with Gasteiger partial charge in [0, 0.05) is 11.6 Å². The van der Waals surface area contributed by atoms with Crippen LogP contribution in [-0.4, -0.2) is 20.1 Å². The van der Waals surface area contributed by atoms with Gasteiger partial charge in [-0.25, -0.2) is 13.1 Å². The predicted molar refractivity (Wildman–Crippen MR) is 79.7 cm³/mol. The molecule has 0 saturated carbocycles. The topological polar surface area (TPSA) is 79.5 Å². The Morgan fingerprint density at radius 2 is 2.10 bits per heavy atom. The SMILES string of the molecule is Cc1c(Cl)cccc1S(=O)(=O)NCC[C@@H](O)c1ccco1. The third kappa shape index (κ3) is 3.85. The average molecular weight is 330 g/mol. The van der Waals surface area contributed by atoms with E-state index in [1.165, 1.54) is 12.3 Å². The summed E-state index contributed by atoms with van der Waals surface area (Å²) in [5.41, 5.74) is 0.498. The summed E-state index contributed by atoms with van der Waals surface area (Å²) < 4.78 is 31.9. The Morgan fingerprint density at radius 3 is 2.76 bits per heavy atom. The Hall–Kier alpha value is -1.34. The molecule has 1 atom stereocenters. The number of nitrogens with one attached hydrogen (secondary N) is 1. The number of furan rings is 1. The van der Waals surface area contributed by atoms with Crippen LogP contribution in [0.4, 0.5) is 0 Å². The molecule has 1 aromatic heterocycles. The molecule has 0 bridgehead atoms. The van der Waals surface area contributed by atoms with Crippen LogP contribution in [0.2, 0.25) is 5.02 Å². The Bertz CT molecular complexity index is 698. The summed E-state index contributed by atoms with van der Waals surface area (Å²) in [6.07, 6.45) is 0.827. The Kier molecular flexibility index (Phi) is 5.05. The fourth-order valence-electron chi connectivity index (χ4n) is 1.91. The van der Waals surface area contributed by atoms with E-state index in [4.69, 9.17) is 16.0 Å². The second-order valence-corrected chi connectivity index (χ2v) is 6.72. The lowest BCUT2D eigenvalue weighted by Gasteiger charge is -2.11. The lowest BCUT2D eigenvalue weighted by Crippen LogP contribution is -2.26. The molecule has 1 aromatic carbocycles. The standard InChI is InChI=1S/C14H16ClNO4S/c1-10-11(15)4-2-6-14(10)21(18,19)16-8-7-12(17)13-5-3-9-20-13/h2-6,9,12,16-17H,7-8H2,1H3/t12-/m1/s1. The summed E-state index contributed by atoms with van der Waals surface area (Å²) in [6, 6.07) is 8.02. The zero-order chi connectivity index (χ0) is 15.5. The smallest absolute Gasteiger partial charge is 0.240 e. The first kappa shape index (κ1) is 16.0. The van der Waals surface area contributed by atoms with Gasteiger partial charge in [0.15, 0.2) is 0 Å². The van der Waals surface area contributed by atoms with Crippen molar-refractivity contribution in [3.63, 3.8) is 0 Å². The molecule has 114 valence electrons. The maximum absolute atomic E-state index is 12.2. The summed E-state index contributed by atoms with van der Waals surface area (Å²) in [7, 11) is -3.65. The minimum absolute atomic E-state index is 0.0934. The van der Waals surface area contributed by atoms with E-state index >= 15 is 0 Å². The highest BCUT2D eigenvalue weighted by Crippen LogP contribution is 2.23. The molecule has 0 fully saturated rings. The largest absolute Gasteiger partial charge is 0.467 e. The average Bonchev–Trinajstić information content (AvgIpc) is 2.95. The molecule has 2 rings (SSSR count). The van der Waals surface area contributed by atoms with Crippen LogP contribution >= 0.6 is 11.6 Å². The van der Waals surface area contributed by atoms with E-state index in [9.17, 15) is 13.5 Å². The lowest BCUT2D eigenvalue weighted by molar-refractivity contribution is 0.142.